The largest absolute Gasteiger partial charge is 0.252 e. The van der Waals surface area contributed by atoms with Crippen LogP contribution in [-0.2, 0) is 10.0 Å². The Kier molecular flexibility index (Phi) is 5.19. The van der Waals surface area contributed by atoms with Crippen LogP contribution in [0.15, 0.2) is 14.1 Å². The Morgan fingerprint density at radius 1 is 1.47 bits per heavy atom. The lowest BCUT2D eigenvalue weighted by molar-refractivity contribution is 0.343. The van der Waals surface area contributed by atoms with Gasteiger partial charge in [0, 0.05) is 12.6 Å². The molecule has 0 aliphatic rings. The molecule has 1 aromatic rings. The van der Waals surface area contributed by atoms with E-state index in [1.165, 1.54) is 11.3 Å². The third-order valence-electron chi connectivity index (χ3n) is 2.79. The fraction of sp³-hybridized carbons (Fsp3) is 0.636. The van der Waals surface area contributed by atoms with E-state index in [9.17, 15) is 8.42 Å². The van der Waals surface area contributed by atoms with Gasteiger partial charge in [-0.2, -0.15) is 4.31 Å². The van der Waals surface area contributed by atoms with Crippen LogP contribution in [0.5, 0.6) is 0 Å². The smallest absolute Gasteiger partial charge is 0.206 e. The summed E-state index contributed by atoms with van der Waals surface area (Å²) in [4.78, 5) is 0. The molecular weight excluding hydrogens is 322 g/mol. The second-order valence-corrected chi connectivity index (χ2v) is 8.48. The predicted molar refractivity (Wildman–Crippen MR) is 76.1 cm³/mol. The molecule has 98 valence electrons. The van der Waals surface area contributed by atoms with Crippen LogP contribution < -0.4 is 0 Å². The van der Waals surface area contributed by atoms with Crippen molar-refractivity contribution in [1.29, 1.82) is 0 Å². The van der Waals surface area contributed by atoms with Crippen molar-refractivity contribution >= 4 is 37.3 Å². The Hall–Kier alpha value is 0.0900. The molecule has 0 aliphatic heterocycles. The zero-order valence-corrected chi connectivity index (χ0v) is 13.7. The maximum absolute atomic E-state index is 12.4. The maximum atomic E-state index is 12.4. The molecule has 1 aromatic heterocycles. The minimum atomic E-state index is -3.34. The van der Waals surface area contributed by atoms with Gasteiger partial charge in [-0.1, -0.05) is 13.8 Å². The van der Waals surface area contributed by atoms with E-state index in [0.29, 0.717) is 10.8 Å². The van der Waals surface area contributed by atoms with E-state index in [1.807, 2.05) is 27.7 Å². The number of halogens is 1. The quantitative estimate of drug-likeness (QED) is 0.821. The number of thiophene rings is 1. The van der Waals surface area contributed by atoms with E-state index >= 15 is 0 Å². The SMILES string of the molecule is CCC(C)N(CC)S(=O)(=O)c1cc(C)c(Br)s1. The van der Waals surface area contributed by atoms with Gasteiger partial charge in [-0.3, -0.25) is 0 Å². The van der Waals surface area contributed by atoms with E-state index in [-0.39, 0.29) is 6.04 Å². The number of hydrogen-bond donors (Lipinski definition) is 0. The minimum absolute atomic E-state index is 0.0335. The third-order valence-corrected chi connectivity index (χ3v) is 7.47. The molecule has 0 aromatic carbocycles. The monoisotopic (exact) mass is 339 g/mol. The molecule has 1 rings (SSSR count). The molecule has 17 heavy (non-hydrogen) atoms. The molecule has 0 bridgehead atoms. The van der Waals surface area contributed by atoms with Crippen LogP contribution in [0.3, 0.4) is 0 Å². The molecule has 1 heterocycles. The van der Waals surface area contributed by atoms with Crippen molar-refractivity contribution < 1.29 is 8.42 Å². The zero-order chi connectivity index (χ0) is 13.2. The number of aryl methyl sites for hydroxylation is 1. The van der Waals surface area contributed by atoms with E-state index in [2.05, 4.69) is 15.9 Å². The molecule has 0 radical (unpaired) electrons. The Balaban J connectivity index is 3.17. The zero-order valence-electron chi connectivity index (χ0n) is 10.5. The molecule has 0 N–H and O–H groups in total. The molecule has 3 nitrogen and oxygen atoms in total. The molecule has 1 atom stereocenters. The minimum Gasteiger partial charge on any atom is -0.206 e. The molecule has 0 aliphatic carbocycles. The Labute approximate surface area is 116 Å². The lowest BCUT2D eigenvalue weighted by Gasteiger charge is -2.25. The Morgan fingerprint density at radius 3 is 2.41 bits per heavy atom. The highest BCUT2D eigenvalue weighted by Gasteiger charge is 2.28. The van der Waals surface area contributed by atoms with Gasteiger partial charge in [-0.05, 0) is 47.8 Å². The first-order valence-corrected chi connectivity index (χ1v) is 8.67. The summed E-state index contributed by atoms with van der Waals surface area (Å²) in [5, 5.41) is 0. The van der Waals surface area contributed by atoms with Gasteiger partial charge >= 0.3 is 0 Å². The lowest BCUT2D eigenvalue weighted by atomic mass is 10.3. The van der Waals surface area contributed by atoms with E-state index in [1.54, 1.807) is 10.4 Å². The molecule has 0 saturated heterocycles. The van der Waals surface area contributed by atoms with Gasteiger partial charge in [0.05, 0.1) is 3.79 Å². The second kappa shape index (κ2) is 5.82. The van der Waals surface area contributed by atoms with Crippen LogP contribution >= 0.6 is 27.3 Å². The summed E-state index contributed by atoms with van der Waals surface area (Å²) in [6.45, 7) is 8.22. The summed E-state index contributed by atoms with van der Waals surface area (Å²) in [5.41, 5.74) is 0.966. The highest BCUT2D eigenvalue weighted by molar-refractivity contribution is 9.11. The Bertz CT molecular complexity index is 462. The number of rotatable bonds is 5. The summed E-state index contributed by atoms with van der Waals surface area (Å²) in [7, 11) is -3.34. The van der Waals surface area contributed by atoms with Gasteiger partial charge in [-0.15, -0.1) is 11.3 Å². The number of nitrogens with zero attached hydrogens (tertiary/aromatic N) is 1. The molecule has 0 amide bonds. The average Bonchev–Trinajstić information content (AvgIpc) is 2.60. The van der Waals surface area contributed by atoms with Gasteiger partial charge in [0.15, 0.2) is 0 Å². The van der Waals surface area contributed by atoms with Crippen molar-refractivity contribution in [2.45, 2.75) is 44.4 Å². The van der Waals surface area contributed by atoms with Crippen LogP contribution in [0.25, 0.3) is 0 Å². The first-order valence-electron chi connectivity index (χ1n) is 5.62. The molecule has 1 unspecified atom stereocenters. The summed E-state index contributed by atoms with van der Waals surface area (Å²) < 4.78 is 27.8. The van der Waals surface area contributed by atoms with Crippen molar-refractivity contribution in [2.24, 2.45) is 0 Å². The van der Waals surface area contributed by atoms with Crippen molar-refractivity contribution in [3.05, 3.63) is 15.4 Å². The van der Waals surface area contributed by atoms with E-state index < -0.39 is 10.0 Å². The van der Waals surface area contributed by atoms with Crippen molar-refractivity contribution in [3.63, 3.8) is 0 Å². The molecule has 0 fully saturated rings. The van der Waals surface area contributed by atoms with Gasteiger partial charge < -0.3 is 0 Å². The lowest BCUT2D eigenvalue weighted by Crippen LogP contribution is -2.37. The van der Waals surface area contributed by atoms with Crippen molar-refractivity contribution in [3.8, 4) is 0 Å². The molecular formula is C11H18BrNO2S2. The predicted octanol–water partition coefficient (Wildman–Crippen LogP) is 3.63. The summed E-state index contributed by atoms with van der Waals surface area (Å²) >= 11 is 4.65. The van der Waals surface area contributed by atoms with Gasteiger partial charge in [0.25, 0.3) is 10.0 Å². The summed E-state index contributed by atoms with van der Waals surface area (Å²) in [6, 6.07) is 1.76. The fourth-order valence-electron chi connectivity index (χ4n) is 1.60. The van der Waals surface area contributed by atoms with Gasteiger partial charge in [-0.25, -0.2) is 8.42 Å². The summed E-state index contributed by atoms with van der Waals surface area (Å²) in [5.74, 6) is 0. The normalized spacial score (nSPS) is 14.2. The van der Waals surface area contributed by atoms with Crippen molar-refractivity contribution in [1.82, 2.24) is 4.31 Å². The van der Waals surface area contributed by atoms with Crippen LogP contribution in [-0.4, -0.2) is 25.3 Å². The first kappa shape index (κ1) is 15.1. The van der Waals surface area contributed by atoms with Gasteiger partial charge in [0.2, 0.25) is 0 Å². The van der Waals surface area contributed by atoms with Crippen LogP contribution in [0.4, 0.5) is 0 Å². The van der Waals surface area contributed by atoms with Crippen LogP contribution in [0, 0.1) is 6.92 Å². The summed E-state index contributed by atoms with van der Waals surface area (Å²) in [6.07, 6.45) is 0.818. The van der Waals surface area contributed by atoms with E-state index in [0.717, 1.165) is 15.8 Å². The van der Waals surface area contributed by atoms with Crippen LogP contribution in [0.2, 0.25) is 0 Å². The number of sulfonamides is 1. The Morgan fingerprint density at radius 2 is 2.06 bits per heavy atom. The second-order valence-electron chi connectivity index (χ2n) is 3.99. The topological polar surface area (TPSA) is 37.4 Å². The average molecular weight is 340 g/mol. The highest BCUT2D eigenvalue weighted by Crippen LogP contribution is 2.33. The van der Waals surface area contributed by atoms with Gasteiger partial charge in [0.1, 0.15) is 4.21 Å². The van der Waals surface area contributed by atoms with Crippen molar-refractivity contribution in [2.75, 3.05) is 6.54 Å². The highest BCUT2D eigenvalue weighted by atomic mass is 79.9. The number of hydrogen-bond acceptors (Lipinski definition) is 3. The van der Waals surface area contributed by atoms with Crippen LogP contribution in [0.1, 0.15) is 32.8 Å². The third kappa shape index (κ3) is 3.10. The fourth-order valence-corrected chi connectivity index (χ4v) is 5.67. The standard InChI is InChI=1S/C11H18BrNO2S2/c1-5-9(4)13(6-2)17(14,15)10-7-8(3)11(12)16-10/h7,9H,5-6H2,1-4H3. The molecule has 6 heteroatoms. The van der Waals surface area contributed by atoms with E-state index in [4.69, 9.17) is 0 Å². The molecule has 0 spiro atoms. The maximum Gasteiger partial charge on any atom is 0.252 e. The first-order chi connectivity index (χ1) is 7.84. The molecule has 0 saturated carbocycles.